The van der Waals surface area contributed by atoms with Crippen LogP contribution in [-0.4, -0.2) is 35.3 Å². The first-order valence-corrected chi connectivity index (χ1v) is 6.62. The van der Waals surface area contributed by atoms with Gasteiger partial charge in [0.15, 0.2) is 0 Å². The number of hydrogen-bond donors (Lipinski definition) is 2. The number of esters is 1. The summed E-state index contributed by atoms with van der Waals surface area (Å²) in [6.45, 7) is 0.100. The molecule has 0 aliphatic heterocycles. The van der Waals surface area contributed by atoms with Crippen molar-refractivity contribution in [2.75, 3.05) is 19.0 Å². The number of ether oxygens (including phenoxy) is 1. The van der Waals surface area contributed by atoms with E-state index < -0.39 is 5.97 Å². The van der Waals surface area contributed by atoms with Crippen molar-refractivity contribution in [1.82, 2.24) is 4.98 Å². The third-order valence-corrected chi connectivity index (χ3v) is 3.68. The molecule has 1 fully saturated rings. The maximum Gasteiger partial charge on any atom is 0.356 e. The molecule has 2 rings (SSSR count). The lowest BCUT2D eigenvalue weighted by atomic mass is 9.82. The zero-order valence-corrected chi connectivity index (χ0v) is 11.2. The monoisotopic (exact) mass is 264 g/mol. The van der Waals surface area contributed by atoms with Gasteiger partial charge in [-0.05, 0) is 25.0 Å². The maximum absolute atomic E-state index is 11.4. The normalized spacial score (nSPS) is 17.8. The number of methoxy groups -OCH3 is 1. The molecule has 5 nitrogen and oxygen atoms in total. The van der Waals surface area contributed by atoms with E-state index >= 15 is 0 Å². The number of hydrogen-bond acceptors (Lipinski definition) is 5. The van der Waals surface area contributed by atoms with E-state index in [0.717, 1.165) is 31.4 Å². The fraction of sp³-hybridized carbons (Fsp3) is 0.571. The molecule has 1 aromatic heterocycles. The number of aliphatic hydroxyl groups is 1. The van der Waals surface area contributed by atoms with Gasteiger partial charge in [-0.3, -0.25) is 0 Å². The van der Waals surface area contributed by atoms with E-state index in [9.17, 15) is 9.90 Å². The van der Waals surface area contributed by atoms with E-state index in [-0.39, 0.29) is 17.8 Å². The van der Waals surface area contributed by atoms with Crippen LogP contribution in [0.4, 0.5) is 5.69 Å². The molecule has 0 aromatic carbocycles. The van der Waals surface area contributed by atoms with Crippen molar-refractivity contribution in [1.29, 1.82) is 0 Å². The van der Waals surface area contributed by atoms with Crippen LogP contribution in [0.25, 0.3) is 0 Å². The third kappa shape index (κ3) is 3.23. The van der Waals surface area contributed by atoms with E-state index in [1.807, 2.05) is 0 Å². The molecule has 1 heterocycles. The van der Waals surface area contributed by atoms with Crippen molar-refractivity contribution in [3.63, 3.8) is 0 Å². The quantitative estimate of drug-likeness (QED) is 0.814. The fourth-order valence-electron chi connectivity index (χ4n) is 2.58. The predicted molar refractivity (Wildman–Crippen MR) is 72.1 cm³/mol. The Morgan fingerprint density at radius 2 is 2.21 bits per heavy atom. The van der Waals surface area contributed by atoms with Crippen LogP contribution in [-0.2, 0) is 4.74 Å². The minimum atomic E-state index is -0.453. The van der Waals surface area contributed by atoms with E-state index in [4.69, 9.17) is 0 Å². The van der Waals surface area contributed by atoms with Gasteiger partial charge in [-0.25, -0.2) is 9.78 Å². The second kappa shape index (κ2) is 6.02. The predicted octanol–water partition coefficient (Wildman–Crippen LogP) is 1.98. The lowest BCUT2D eigenvalue weighted by Gasteiger charge is -2.37. The summed E-state index contributed by atoms with van der Waals surface area (Å²) in [5, 5.41) is 13.0. The summed E-state index contributed by atoms with van der Waals surface area (Å²) in [6, 6.07) is 3.47. The summed E-state index contributed by atoms with van der Waals surface area (Å²) in [5.41, 5.74) is 0.801. The Balaban J connectivity index is 2.15. The lowest BCUT2D eigenvalue weighted by molar-refractivity contribution is 0.0594. The molecule has 0 radical (unpaired) electrons. The number of aliphatic hydroxyl groups excluding tert-OH is 1. The van der Waals surface area contributed by atoms with Crippen LogP contribution in [0.15, 0.2) is 18.3 Å². The van der Waals surface area contributed by atoms with Crippen molar-refractivity contribution >= 4 is 11.7 Å². The number of nitrogens with zero attached hydrogens (tertiary/aromatic N) is 1. The second-order valence-electron chi connectivity index (χ2n) is 5.05. The van der Waals surface area contributed by atoms with E-state index in [1.165, 1.54) is 13.5 Å². The summed E-state index contributed by atoms with van der Waals surface area (Å²) >= 11 is 0. The average Bonchev–Trinajstić information content (AvgIpc) is 2.47. The first-order valence-electron chi connectivity index (χ1n) is 6.62. The minimum absolute atomic E-state index is 0.100. The van der Waals surface area contributed by atoms with Gasteiger partial charge in [0.05, 0.1) is 19.3 Å². The first kappa shape index (κ1) is 13.8. The van der Waals surface area contributed by atoms with Crippen LogP contribution in [0.2, 0.25) is 0 Å². The zero-order chi connectivity index (χ0) is 13.7. The molecular weight excluding hydrogens is 244 g/mol. The summed E-state index contributed by atoms with van der Waals surface area (Å²) < 4.78 is 4.65. The van der Waals surface area contributed by atoms with Crippen molar-refractivity contribution in [2.45, 2.75) is 37.6 Å². The van der Waals surface area contributed by atoms with E-state index in [2.05, 4.69) is 15.0 Å². The molecule has 1 aromatic rings. The summed E-state index contributed by atoms with van der Waals surface area (Å²) in [4.78, 5) is 15.4. The summed E-state index contributed by atoms with van der Waals surface area (Å²) in [7, 11) is 1.33. The number of carbonyl (C=O) groups excluding carboxylic acids is 1. The molecule has 5 heteroatoms. The molecule has 0 bridgehead atoms. The SMILES string of the molecule is COC(=O)c1cc(NC2(CO)CCCCC2)ccn1. The van der Waals surface area contributed by atoms with Gasteiger partial charge in [-0.2, -0.15) is 0 Å². The van der Waals surface area contributed by atoms with Gasteiger partial charge in [0, 0.05) is 11.9 Å². The number of pyridine rings is 1. The van der Waals surface area contributed by atoms with Crippen LogP contribution >= 0.6 is 0 Å². The minimum Gasteiger partial charge on any atom is -0.464 e. The van der Waals surface area contributed by atoms with Crippen LogP contribution in [0.3, 0.4) is 0 Å². The Labute approximate surface area is 113 Å². The molecule has 2 N–H and O–H groups in total. The van der Waals surface area contributed by atoms with Gasteiger partial charge in [0.25, 0.3) is 0 Å². The highest BCUT2D eigenvalue weighted by atomic mass is 16.5. The maximum atomic E-state index is 11.4. The summed E-state index contributed by atoms with van der Waals surface area (Å²) in [5.74, 6) is -0.453. The Morgan fingerprint density at radius 1 is 1.47 bits per heavy atom. The van der Waals surface area contributed by atoms with Gasteiger partial charge < -0.3 is 15.2 Å². The highest BCUT2D eigenvalue weighted by Gasteiger charge is 2.31. The first-order chi connectivity index (χ1) is 9.19. The standard InChI is InChI=1S/C14H20N2O3/c1-19-13(18)12-9-11(5-8-15-12)16-14(10-17)6-3-2-4-7-14/h5,8-9,17H,2-4,6-7,10H2,1H3,(H,15,16). The molecule has 0 unspecified atom stereocenters. The van der Waals surface area contributed by atoms with Crippen molar-refractivity contribution in [3.8, 4) is 0 Å². The van der Waals surface area contributed by atoms with Gasteiger partial charge in [-0.15, -0.1) is 0 Å². The topological polar surface area (TPSA) is 71.5 Å². The Morgan fingerprint density at radius 3 is 2.84 bits per heavy atom. The average molecular weight is 264 g/mol. The fourth-order valence-corrected chi connectivity index (χ4v) is 2.58. The van der Waals surface area contributed by atoms with Crippen molar-refractivity contribution < 1.29 is 14.6 Å². The molecule has 0 spiro atoms. The highest BCUT2D eigenvalue weighted by Crippen LogP contribution is 2.31. The van der Waals surface area contributed by atoms with Gasteiger partial charge >= 0.3 is 5.97 Å². The second-order valence-corrected chi connectivity index (χ2v) is 5.05. The molecule has 0 saturated heterocycles. The third-order valence-electron chi connectivity index (χ3n) is 3.68. The Bertz CT molecular complexity index is 442. The lowest BCUT2D eigenvalue weighted by Crippen LogP contribution is -2.43. The summed E-state index contributed by atoms with van der Waals surface area (Å²) in [6.07, 6.45) is 6.90. The van der Waals surface area contributed by atoms with Crippen molar-refractivity contribution in [2.24, 2.45) is 0 Å². The molecule has 0 atom stereocenters. The number of rotatable bonds is 4. The van der Waals surface area contributed by atoms with E-state index in [1.54, 1.807) is 18.3 Å². The number of carbonyl (C=O) groups is 1. The highest BCUT2D eigenvalue weighted by molar-refractivity contribution is 5.88. The smallest absolute Gasteiger partial charge is 0.356 e. The Kier molecular flexibility index (Phi) is 4.37. The van der Waals surface area contributed by atoms with Gasteiger partial charge in [0.1, 0.15) is 5.69 Å². The number of anilines is 1. The molecular formula is C14H20N2O3. The molecule has 19 heavy (non-hydrogen) atoms. The molecule has 1 aliphatic rings. The molecule has 104 valence electrons. The molecule has 1 aliphatic carbocycles. The zero-order valence-electron chi connectivity index (χ0n) is 11.2. The number of aromatic nitrogens is 1. The largest absolute Gasteiger partial charge is 0.464 e. The van der Waals surface area contributed by atoms with Crippen LogP contribution < -0.4 is 5.32 Å². The Hall–Kier alpha value is -1.62. The number of nitrogens with one attached hydrogen (secondary N) is 1. The molecule has 1 saturated carbocycles. The van der Waals surface area contributed by atoms with Gasteiger partial charge in [-0.1, -0.05) is 19.3 Å². The van der Waals surface area contributed by atoms with Crippen LogP contribution in [0, 0.1) is 0 Å². The van der Waals surface area contributed by atoms with E-state index in [0.29, 0.717) is 0 Å². The van der Waals surface area contributed by atoms with Crippen molar-refractivity contribution in [3.05, 3.63) is 24.0 Å². The molecule has 0 amide bonds. The van der Waals surface area contributed by atoms with Gasteiger partial charge in [0.2, 0.25) is 0 Å². The van der Waals surface area contributed by atoms with Crippen LogP contribution in [0.1, 0.15) is 42.6 Å². The van der Waals surface area contributed by atoms with Crippen LogP contribution in [0.5, 0.6) is 0 Å².